The van der Waals surface area contributed by atoms with Gasteiger partial charge in [-0.2, -0.15) is 4.79 Å². The van der Waals surface area contributed by atoms with Crippen molar-refractivity contribution in [2.75, 3.05) is 0 Å². The Morgan fingerprint density at radius 1 is 0.786 bits per heavy atom. The minimum atomic E-state index is -1.31. The molecule has 3 aromatic carbocycles. The minimum absolute atomic E-state index is 0.00260. The first-order valence-electron chi connectivity index (χ1n) is 13.4. The second-order valence-corrected chi connectivity index (χ2v) is 10.5. The normalized spacial score (nSPS) is 12.2. The third-order valence-electron chi connectivity index (χ3n) is 5.94. The molecule has 2 N–H and O–H groups in total. The predicted molar refractivity (Wildman–Crippen MR) is 156 cm³/mol. The van der Waals surface area contributed by atoms with Crippen LogP contribution >= 0.6 is 0 Å². The van der Waals surface area contributed by atoms with E-state index in [1.54, 1.807) is 60.7 Å². The Morgan fingerprint density at radius 2 is 1.33 bits per heavy atom. The lowest BCUT2D eigenvalue weighted by Gasteiger charge is -2.23. The summed E-state index contributed by atoms with van der Waals surface area (Å²) in [5.41, 5.74) is 10.5. The zero-order chi connectivity index (χ0) is 30.5. The number of benzene rings is 3. The molecule has 0 radical (unpaired) electrons. The molecule has 0 aromatic heterocycles. The Labute approximate surface area is 244 Å². The number of carbonyl (C=O) groups is 4. The van der Waals surface area contributed by atoms with Crippen molar-refractivity contribution in [2.24, 2.45) is 0 Å². The molecule has 0 heterocycles. The zero-order valence-electron chi connectivity index (χ0n) is 23.8. The van der Waals surface area contributed by atoms with Gasteiger partial charge in [0.2, 0.25) is 11.7 Å². The number of hydrogen-bond donors (Lipinski definition) is 2. The lowest BCUT2D eigenvalue weighted by molar-refractivity contribution is -0.137. The van der Waals surface area contributed by atoms with Gasteiger partial charge in [-0.1, -0.05) is 72.8 Å². The van der Waals surface area contributed by atoms with Gasteiger partial charge in [-0.05, 0) is 49.6 Å². The maximum atomic E-state index is 13.5. The third-order valence-corrected chi connectivity index (χ3v) is 5.94. The summed E-state index contributed by atoms with van der Waals surface area (Å²) in [6.45, 7) is 5.74. The molecular formula is C32H34N4O6. The summed E-state index contributed by atoms with van der Waals surface area (Å²) >= 11 is 0. The van der Waals surface area contributed by atoms with Crippen LogP contribution in [0.3, 0.4) is 0 Å². The van der Waals surface area contributed by atoms with Gasteiger partial charge in [0.25, 0.3) is 0 Å². The minimum Gasteiger partial charge on any atom is -0.488 e. The molecule has 3 aromatic rings. The fraction of sp³-hybridized carbons (Fsp3) is 0.281. The lowest BCUT2D eigenvalue weighted by atomic mass is 9.98. The van der Waals surface area contributed by atoms with Crippen LogP contribution in [0.1, 0.15) is 37.5 Å². The van der Waals surface area contributed by atoms with Crippen molar-refractivity contribution in [3.63, 3.8) is 0 Å². The van der Waals surface area contributed by atoms with E-state index in [0.29, 0.717) is 17.5 Å². The second-order valence-electron chi connectivity index (χ2n) is 10.5. The maximum absolute atomic E-state index is 13.5. The Balaban J connectivity index is 1.79. The van der Waals surface area contributed by atoms with Gasteiger partial charge >= 0.3 is 18.1 Å². The molecule has 2 amide bonds. The van der Waals surface area contributed by atoms with E-state index in [9.17, 15) is 19.2 Å². The van der Waals surface area contributed by atoms with E-state index in [1.165, 1.54) is 0 Å². The maximum Gasteiger partial charge on any atom is 0.408 e. The molecule has 0 unspecified atom stereocenters. The Hall–Kier alpha value is -5.08. The van der Waals surface area contributed by atoms with Crippen molar-refractivity contribution in [2.45, 2.75) is 57.9 Å². The molecular weight excluding hydrogens is 536 g/mol. The summed E-state index contributed by atoms with van der Waals surface area (Å²) in [6.07, 6.45) is -0.292. The molecule has 0 saturated carbocycles. The monoisotopic (exact) mass is 570 g/mol. The molecule has 0 spiro atoms. The first-order valence-corrected chi connectivity index (χ1v) is 13.4. The van der Waals surface area contributed by atoms with Crippen LogP contribution in [0.5, 0.6) is 5.75 Å². The third kappa shape index (κ3) is 10.5. The average molecular weight is 571 g/mol. The number of nitrogens with one attached hydrogen (secondary N) is 2. The fourth-order valence-corrected chi connectivity index (χ4v) is 4.02. The molecule has 0 aliphatic carbocycles. The highest BCUT2D eigenvalue weighted by molar-refractivity contribution is 6.59. The van der Waals surface area contributed by atoms with Crippen LogP contribution in [-0.2, 0) is 38.6 Å². The Morgan fingerprint density at radius 3 is 1.90 bits per heavy atom. The smallest absolute Gasteiger partial charge is 0.408 e. The first kappa shape index (κ1) is 31.4. The second kappa shape index (κ2) is 15.1. The van der Waals surface area contributed by atoms with Crippen LogP contribution in [0.25, 0.3) is 5.53 Å². The van der Waals surface area contributed by atoms with Crippen molar-refractivity contribution in [3.8, 4) is 5.75 Å². The van der Waals surface area contributed by atoms with Crippen LogP contribution in [0, 0.1) is 0 Å². The summed E-state index contributed by atoms with van der Waals surface area (Å²) in [5, 5.41) is 5.18. The highest BCUT2D eigenvalue weighted by Crippen LogP contribution is 2.19. The van der Waals surface area contributed by atoms with Crippen LogP contribution < -0.4 is 15.4 Å². The van der Waals surface area contributed by atoms with E-state index in [0.717, 1.165) is 11.1 Å². The standard InChI is InChI=1S/C32H34N4O6/c1-32(2,3)42-25-16-14-23(15-17-25)18-26(29(38)28(37)20-34-33)35-30(39)27(19-22-10-6-4-7-11-22)36-31(40)41-21-24-12-8-5-9-13-24/h4-17,20,26-27H,18-19,21H2,1-3H3,(H,35,39)(H,36,40)/t26-,27-/m0/s1. The van der Waals surface area contributed by atoms with Gasteiger partial charge in [0.1, 0.15) is 30.0 Å². The molecule has 0 aliphatic rings. The molecule has 42 heavy (non-hydrogen) atoms. The average Bonchev–Trinajstić information content (AvgIpc) is 2.96. The highest BCUT2D eigenvalue weighted by Gasteiger charge is 2.31. The number of ketones is 2. The molecule has 2 atom stereocenters. The fourth-order valence-electron chi connectivity index (χ4n) is 4.02. The van der Waals surface area contributed by atoms with Crippen molar-refractivity contribution in [1.82, 2.24) is 10.6 Å². The van der Waals surface area contributed by atoms with Crippen LogP contribution in [-0.4, -0.2) is 52.3 Å². The van der Waals surface area contributed by atoms with Crippen molar-refractivity contribution >= 4 is 29.8 Å². The van der Waals surface area contributed by atoms with Crippen molar-refractivity contribution < 1.29 is 33.4 Å². The number of amides is 2. The van der Waals surface area contributed by atoms with Gasteiger partial charge in [-0.3, -0.25) is 14.4 Å². The van der Waals surface area contributed by atoms with Crippen molar-refractivity contribution in [1.29, 1.82) is 0 Å². The summed E-state index contributed by atoms with van der Waals surface area (Å²) in [5.74, 6) is -2.16. The van der Waals surface area contributed by atoms with E-state index < -0.39 is 41.3 Å². The van der Waals surface area contributed by atoms with E-state index >= 15 is 0 Å². The summed E-state index contributed by atoms with van der Waals surface area (Å²) in [7, 11) is 0. The molecule has 0 saturated heterocycles. The van der Waals surface area contributed by atoms with Crippen molar-refractivity contribution in [3.05, 3.63) is 107 Å². The largest absolute Gasteiger partial charge is 0.488 e. The number of nitrogens with zero attached hydrogens (tertiary/aromatic N) is 2. The Kier molecular flexibility index (Phi) is 11.3. The first-order chi connectivity index (χ1) is 20.0. The quantitative estimate of drug-likeness (QED) is 0.138. The number of rotatable bonds is 13. The molecule has 0 bridgehead atoms. The highest BCUT2D eigenvalue weighted by atomic mass is 16.5. The SMILES string of the molecule is CC(C)(C)Oc1ccc(C[C@H](NC(=O)[C@H](Cc2ccccc2)NC(=O)OCc2ccccc2)C(=O)C(=O)C=[N+]=[N-])cc1. The number of ether oxygens (including phenoxy) is 2. The number of carbonyl (C=O) groups excluding carboxylic acids is 4. The summed E-state index contributed by atoms with van der Waals surface area (Å²) in [6, 6.07) is 22.5. The van der Waals surface area contributed by atoms with Gasteiger partial charge in [-0.25, -0.2) is 4.79 Å². The summed E-state index contributed by atoms with van der Waals surface area (Å²) in [4.78, 5) is 54.1. The summed E-state index contributed by atoms with van der Waals surface area (Å²) < 4.78 is 11.1. The van der Waals surface area contributed by atoms with Gasteiger partial charge in [0, 0.05) is 12.8 Å². The number of hydrogen-bond acceptors (Lipinski definition) is 6. The van der Waals surface area contributed by atoms with Gasteiger partial charge in [-0.15, -0.1) is 0 Å². The van der Waals surface area contributed by atoms with E-state index in [-0.39, 0.29) is 19.4 Å². The predicted octanol–water partition coefficient (Wildman–Crippen LogP) is 3.87. The molecule has 3 rings (SSSR count). The molecule has 0 aliphatic heterocycles. The Bertz CT molecular complexity index is 1410. The van der Waals surface area contributed by atoms with Crippen LogP contribution in [0.2, 0.25) is 0 Å². The zero-order valence-corrected chi connectivity index (χ0v) is 23.8. The van der Waals surface area contributed by atoms with E-state index in [4.69, 9.17) is 15.0 Å². The van der Waals surface area contributed by atoms with E-state index in [1.807, 2.05) is 45.0 Å². The molecule has 10 heteroatoms. The lowest BCUT2D eigenvalue weighted by Crippen LogP contribution is -2.54. The number of Topliss-reactive ketones (excluding diaryl/α,β-unsaturated/α-hetero) is 2. The number of alkyl carbamates (subject to hydrolysis) is 1. The molecule has 218 valence electrons. The molecule has 0 fully saturated rings. The van der Waals surface area contributed by atoms with Gasteiger partial charge < -0.3 is 25.6 Å². The topological polar surface area (TPSA) is 147 Å². The van der Waals surface area contributed by atoms with Crippen LogP contribution in [0.4, 0.5) is 4.79 Å². The van der Waals surface area contributed by atoms with Crippen LogP contribution in [0.15, 0.2) is 84.9 Å². The van der Waals surface area contributed by atoms with Gasteiger partial charge in [0.15, 0.2) is 0 Å². The van der Waals surface area contributed by atoms with Gasteiger partial charge in [0.05, 0.1) is 0 Å². The molecule has 10 nitrogen and oxygen atoms in total. The van der Waals surface area contributed by atoms with E-state index in [2.05, 4.69) is 15.4 Å².